The van der Waals surface area contributed by atoms with Gasteiger partial charge in [-0.25, -0.2) is 0 Å². The maximum atomic E-state index is 8.52. The maximum Gasteiger partial charge on any atom is 4.00 e. The van der Waals surface area contributed by atoms with E-state index in [2.05, 4.69) is 0 Å². The van der Waals surface area contributed by atoms with Crippen LogP contribution in [0, 0.1) is 7.43 Å². The summed E-state index contributed by atoms with van der Waals surface area (Å²) in [5.74, 6) is 0. The number of rotatable bonds is 0. The summed E-state index contributed by atoms with van der Waals surface area (Å²) in [5, 5.41) is 0. The summed E-state index contributed by atoms with van der Waals surface area (Å²) in [6.45, 7) is 0. The van der Waals surface area contributed by atoms with Gasteiger partial charge in [0.2, 0.25) is 0 Å². The first-order chi connectivity index (χ1) is 6.00. The molecular weight excluding hydrogens is 325 g/mol. The third-order valence-corrected chi connectivity index (χ3v) is 0. The largest absolute Gasteiger partial charge is 4.00 e. The van der Waals surface area contributed by atoms with Crippen molar-refractivity contribution in [2.75, 3.05) is 0 Å². The van der Waals surface area contributed by atoms with Gasteiger partial charge in [0.25, 0.3) is 0 Å². The minimum absolute atomic E-state index is 0. The van der Waals surface area contributed by atoms with E-state index < -0.39 is 31.2 Å². The van der Waals surface area contributed by atoms with Crippen molar-refractivity contribution in [3.63, 3.8) is 0 Å². The van der Waals surface area contributed by atoms with Crippen molar-refractivity contribution in [2.45, 2.75) is 0 Å². The van der Waals surface area contributed by atoms with Gasteiger partial charge in [-0.05, 0) is 0 Å². The van der Waals surface area contributed by atoms with Gasteiger partial charge in [-0.2, -0.15) is 0 Å². The zero-order valence-electron chi connectivity index (χ0n) is 7.33. The molecule has 0 rings (SSSR count). The summed E-state index contributed by atoms with van der Waals surface area (Å²) >= 11 is 0. The summed E-state index contributed by atoms with van der Waals surface area (Å²) in [6, 6.07) is 0. The monoisotopic (exact) mass is 324 g/mol. The van der Waals surface area contributed by atoms with E-state index in [4.69, 9.17) is 52.6 Å². The van der Waals surface area contributed by atoms with Gasteiger partial charge < -0.3 is 27.3 Å². The second-order valence-electron chi connectivity index (χ2n) is 1.22. The van der Waals surface area contributed by atoms with Crippen molar-refractivity contribution >= 4 is 54.2 Å². The molecule has 0 aromatic heterocycles. The third kappa shape index (κ3) is 23900. The molecule has 17 heavy (non-hydrogen) atoms. The van der Waals surface area contributed by atoms with E-state index >= 15 is 0 Å². The normalized spacial score (nSPS) is 10.2. The Labute approximate surface area is 114 Å². The van der Waals surface area contributed by atoms with E-state index in [0.717, 1.165) is 0 Å². The van der Waals surface area contributed by atoms with E-state index in [-0.39, 0.29) is 30.5 Å². The van der Waals surface area contributed by atoms with Gasteiger partial charge in [0.15, 0.2) is 0 Å². The second-order valence-corrected chi connectivity index (χ2v) is 3.67. The van der Waals surface area contributed by atoms with Crippen LogP contribution in [0.1, 0.15) is 0 Å². The molecule has 0 radical (unpaired) electrons. The van der Waals surface area contributed by atoms with Crippen LogP contribution in [0.15, 0.2) is 0 Å². The second kappa shape index (κ2) is 11.5. The predicted octanol–water partition coefficient (Wildman–Crippen LogP) is -4.31. The van der Waals surface area contributed by atoms with Gasteiger partial charge in [0.05, 0.1) is 0 Å². The number of hydrogen-bond acceptors (Lipinski definition) is 12. The molecule has 0 saturated carbocycles. The van der Waals surface area contributed by atoms with Crippen LogP contribution in [0.25, 0.3) is 0 Å². The van der Waals surface area contributed by atoms with Crippen LogP contribution in [0.2, 0.25) is 0 Å². The quantitative estimate of drug-likeness (QED) is 0.233. The standard InChI is InChI=1S/C.Mg.3H2O4S/c;;3*1-5(2,3)4/h;;3*(H2,1,2,3,4)/q+4;+2;;;/p-6. The number of hydrogen-bond donors (Lipinski definition) is 0. The molecule has 0 spiro atoms. The van der Waals surface area contributed by atoms with Crippen molar-refractivity contribution in [3.8, 4) is 0 Å². The molecule has 0 atom stereocenters. The maximum absolute atomic E-state index is 8.52. The van der Waals surface area contributed by atoms with E-state index in [1.807, 2.05) is 0 Å². The van der Waals surface area contributed by atoms with Gasteiger partial charge in [-0.15, -0.1) is 0 Å². The van der Waals surface area contributed by atoms with Crippen molar-refractivity contribution < 1.29 is 52.6 Å². The molecule has 0 heterocycles. The molecule has 0 amide bonds. The van der Waals surface area contributed by atoms with Crippen molar-refractivity contribution in [1.29, 1.82) is 0 Å². The van der Waals surface area contributed by atoms with Crippen LogP contribution >= 0.6 is 0 Å². The Morgan fingerprint density at radius 2 is 0.471 bits per heavy atom. The smallest absolute Gasteiger partial charge is 0.759 e. The molecule has 0 unspecified atom stereocenters. The van der Waals surface area contributed by atoms with E-state index in [1.165, 1.54) is 0 Å². The van der Waals surface area contributed by atoms with Crippen LogP contribution in [-0.4, -0.2) is 75.6 Å². The molecule has 0 saturated heterocycles. The van der Waals surface area contributed by atoms with Crippen molar-refractivity contribution in [3.05, 3.63) is 7.43 Å². The van der Waals surface area contributed by atoms with Crippen LogP contribution < -0.4 is 0 Å². The van der Waals surface area contributed by atoms with Crippen LogP contribution in [0.5, 0.6) is 0 Å². The first kappa shape index (κ1) is 30.4. The molecule has 12 nitrogen and oxygen atoms in total. The Hall–Kier alpha value is 0.376. The van der Waals surface area contributed by atoms with Crippen LogP contribution in [0.3, 0.4) is 0 Å². The molecule has 0 bridgehead atoms. The topological polar surface area (TPSA) is 241 Å². The zero-order valence-corrected chi connectivity index (χ0v) is 11.2. The molecule has 0 aromatic rings. The van der Waals surface area contributed by atoms with Gasteiger partial charge >= 0.3 is 30.5 Å². The van der Waals surface area contributed by atoms with Crippen LogP contribution in [-0.2, 0) is 31.2 Å². The van der Waals surface area contributed by atoms with E-state index in [1.54, 1.807) is 0 Å². The minimum Gasteiger partial charge on any atom is -0.759 e. The predicted molar refractivity (Wildman–Crippen MR) is 40.4 cm³/mol. The Balaban J connectivity index is -0.0000000400. The zero-order chi connectivity index (χ0) is 13.5. The van der Waals surface area contributed by atoms with E-state index in [0.29, 0.717) is 0 Å². The molecule has 96 valence electrons. The molecule has 0 aromatic carbocycles. The Morgan fingerprint density at radius 3 is 0.471 bits per heavy atom. The Bertz CT molecular complexity index is 343. The minimum atomic E-state index is -5.17. The van der Waals surface area contributed by atoms with Gasteiger partial charge in [-0.3, -0.25) is 25.3 Å². The fraction of sp³-hybridized carbons (Fsp3) is 0. The van der Waals surface area contributed by atoms with Gasteiger partial charge in [-0.1, -0.05) is 0 Å². The molecule has 16 heteroatoms. The molecule has 0 aliphatic rings. The summed E-state index contributed by atoms with van der Waals surface area (Å²) in [7, 11) is -15.5. The summed E-state index contributed by atoms with van der Waals surface area (Å²) in [6.07, 6.45) is 0. The molecule has 0 fully saturated rings. The molecule has 0 N–H and O–H groups in total. The summed E-state index contributed by atoms with van der Waals surface area (Å²) in [4.78, 5) is 0. The van der Waals surface area contributed by atoms with Gasteiger partial charge in [0, 0.05) is 31.2 Å². The molecular formula is CMgO12S3. The Kier molecular flexibility index (Phi) is 20.5. The first-order valence-corrected chi connectivity index (χ1v) is 6.00. The summed E-state index contributed by atoms with van der Waals surface area (Å²) in [5.41, 5.74) is 0. The fourth-order valence-corrected chi connectivity index (χ4v) is 0. The average Bonchev–Trinajstić information content (AvgIpc) is 1.41. The Morgan fingerprint density at radius 1 is 0.471 bits per heavy atom. The van der Waals surface area contributed by atoms with Crippen molar-refractivity contribution in [2.24, 2.45) is 0 Å². The van der Waals surface area contributed by atoms with Crippen LogP contribution in [0.4, 0.5) is 0 Å². The molecule has 0 aliphatic carbocycles. The third-order valence-electron chi connectivity index (χ3n) is 0. The van der Waals surface area contributed by atoms with Crippen molar-refractivity contribution in [1.82, 2.24) is 0 Å². The summed E-state index contributed by atoms with van der Waals surface area (Å²) < 4.78 is 102. The average molecular weight is 325 g/mol. The fourth-order valence-electron chi connectivity index (χ4n) is 0. The SMILES string of the molecule is O=S(=O)([O-])[O-].O=S(=O)([O-])[O-].O=S(=O)([O-])[O-].[C+4].[Mg+2]. The van der Waals surface area contributed by atoms with E-state index in [9.17, 15) is 0 Å². The van der Waals surface area contributed by atoms with Gasteiger partial charge in [0.1, 0.15) is 0 Å². The first-order valence-electron chi connectivity index (χ1n) is 2.00. The molecule has 0 aliphatic heterocycles.